The van der Waals surface area contributed by atoms with E-state index in [-0.39, 0.29) is 0 Å². The van der Waals surface area contributed by atoms with Crippen LogP contribution in [0.3, 0.4) is 0 Å². The molecule has 1 aliphatic rings. The van der Waals surface area contributed by atoms with Crippen LogP contribution in [0.4, 0.5) is 0 Å². The van der Waals surface area contributed by atoms with Crippen LogP contribution in [0.5, 0.6) is 0 Å². The number of methoxy groups -OCH3 is 1. The predicted octanol–water partition coefficient (Wildman–Crippen LogP) is -0.506. The Bertz CT molecular complexity index is 169. The third-order valence-corrected chi connectivity index (χ3v) is 2.55. The van der Waals surface area contributed by atoms with E-state index in [1.807, 2.05) is 4.90 Å². The lowest BCUT2D eigenvalue weighted by Gasteiger charge is -2.34. The van der Waals surface area contributed by atoms with E-state index in [1.54, 1.807) is 7.11 Å². The fourth-order valence-corrected chi connectivity index (χ4v) is 1.59. The summed E-state index contributed by atoms with van der Waals surface area (Å²) in [5.41, 5.74) is 5.53. The summed E-state index contributed by atoms with van der Waals surface area (Å²) in [7, 11) is 1.73. The topological polar surface area (TPSA) is 41.7 Å². The summed E-state index contributed by atoms with van der Waals surface area (Å²) >= 11 is 4.90. The molecule has 0 spiro atoms. The standard InChI is InChI=1S/C8H17N3OS/c1-12-7-6-10-2-4-11(5-3-10)8(9)13/h2-7H2,1H3,(H2,9,13). The van der Waals surface area contributed by atoms with Gasteiger partial charge in [-0.15, -0.1) is 0 Å². The summed E-state index contributed by atoms with van der Waals surface area (Å²) in [6, 6.07) is 0. The third-order valence-electron chi connectivity index (χ3n) is 2.30. The van der Waals surface area contributed by atoms with Gasteiger partial charge in [-0.2, -0.15) is 0 Å². The lowest BCUT2D eigenvalue weighted by atomic mass is 10.3. The molecular formula is C8H17N3OS. The summed E-state index contributed by atoms with van der Waals surface area (Å²) in [6.45, 7) is 5.74. The molecule has 0 bridgehead atoms. The van der Waals surface area contributed by atoms with Crippen LogP contribution >= 0.6 is 12.2 Å². The van der Waals surface area contributed by atoms with E-state index in [2.05, 4.69) is 4.90 Å². The second-order valence-electron chi connectivity index (χ2n) is 3.16. The van der Waals surface area contributed by atoms with Gasteiger partial charge in [0.2, 0.25) is 0 Å². The number of nitrogens with two attached hydrogens (primary N) is 1. The Morgan fingerprint density at radius 3 is 2.46 bits per heavy atom. The molecule has 2 N–H and O–H groups in total. The van der Waals surface area contributed by atoms with E-state index in [0.29, 0.717) is 5.11 Å². The molecule has 1 aliphatic heterocycles. The van der Waals surface area contributed by atoms with E-state index >= 15 is 0 Å². The minimum Gasteiger partial charge on any atom is -0.383 e. The Morgan fingerprint density at radius 1 is 1.38 bits per heavy atom. The van der Waals surface area contributed by atoms with E-state index < -0.39 is 0 Å². The van der Waals surface area contributed by atoms with Crippen molar-refractivity contribution in [2.75, 3.05) is 46.4 Å². The summed E-state index contributed by atoms with van der Waals surface area (Å²) in [6.07, 6.45) is 0. The van der Waals surface area contributed by atoms with Crippen LogP contribution in [0, 0.1) is 0 Å². The van der Waals surface area contributed by atoms with Crippen molar-refractivity contribution in [3.8, 4) is 0 Å². The largest absolute Gasteiger partial charge is 0.383 e. The number of thiocarbonyl (C=S) groups is 1. The molecule has 0 saturated carbocycles. The maximum Gasteiger partial charge on any atom is 0.166 e. The molecule has 0 atom stereocenters. The third kappa shape index (κ3) is 3.46. The van der Waals surface area contributed by atoms with Crippen molar-refractivity contribution in [2.45, 2.75) is 0 Å². The van der Waals surface area contributed by atoms with Crippen LogP contribution < -0.4 is 5.73 Å². The minimum absolute atomic E-state index is 0.520. The molecule has 0 aromatic carbocycles. The van der Waals surface area contributed by atoms with Crippen LogP contribution in [0.2, 0.25) is 0 Å². The molecule has 5 heteroatoms. The van der Waals surface area contributed by atoms with Gasteiger partial charge in [0.05, 0.1) is 6.61 Å². The number of rotatable bonds is 3. The summed E-state index contributed by atoms with van der Waals surface area (Å²) < 4.78 is 5.01. The Morgan fingerprint density at radius 2 is 2.00 bits per heavy atom. The van der Waals surface area contributed by atoms with Gasteiger partial charge in [-0.1, -0.05) is 0 Å². The first-order valence-corrected chi connectivity index (χ1v) is 4.90. The molecule has 1 rings (SSSR count). The molecule has 0 aromatic heterocycles. The average molecular weight is 203 g/mol. The van der Waals surface area contributed by atoms with Crippen molar-refractivity contribution in [3.63, 3.8) is 0 Å². The molecule has 0 aromatic rings. The Balaban J connectivity index is 2.18. The van der Waals surface area contributed by atoms with Crippen molar-refractivity contribution in [3.05, 3.63) is 0 Å². The van der Waals surface area contributed by atoms with Gasteiger partial charge in [-0.25, -0.2) is 0 Å². The fraction of sp³-hybridized carbons (Fsp3) is 0.875. The van der Waals surface area contributed by atoms with Crippen LogP contribution in [0.15, 0.2) is 0 Å². The second kappa shape index (κ2) is 5.36. The van der Waals surface area contributed by atoms with Gasteiger partial charge < -0.3 is 15.4 Å². The Labute approximate surface area is 84.6 Å². The molecule has 0 amide bonds. The normalized spacial score (nSPS) is 19.0. The monoisotopic (exact) mass is 203 g/mol. The highest BCUT2D eigenvalue weighted by atomic mass is 32.1. The summed E-state index contributed by atoms with van der Waals surface area (Å²) in [5.74, 6) is 0. The van der Waals surface area contributed by atoms with Crippen molar-refractivity contribution in [1.29, 1.82) is 0 Å². The van der Waals surface area contributed by atoms with Crippen LogP contribution in [-0.4, -0.2) is 61.4 Å². The average Bonchev–Trinajstić information content (AvgIpc) is 2.15. The molecule has 1 fully saturated rings. The number of nitrogens with zero attached hydrogens (tertiary/aromatic N) is 2. The lowest BCUT2D eigenvalue weighted by Crippen LogP contribution is -2.50. The first-order valence-electron chi connectivity index (χ1n) is 4.49. The maximum atomic E-state index is 5.53. The molecule has 1 heterocycles. The van der Waals surface area contributed by atoms with E-state index in [4.69, 9.17) is 22.7 Å². The van der Waals surface area contributed by atoms with Gasteiger partial charge >= 0.3 is 0 Å². The zero-order chi connectivity index (χ0) is 9.68. The van der Waals surface area contributed by atoms with E-state index in [9.17, 15) is 0 Å². The van der Waals surface area contributed by atoms with Crippen LogP contribution in [0.1, 0.15) is 0 Å². The van der Waals surface area contributed by atoms with Crippen molar-refractivity contribution in [1.82, 2.24) is 9.80 Å². The SMILES string of the molecule is COCCN1CCN(C(N)=S)CC1. The minimum atomic E-state index is 0.520. The molecular weight excluding hydrogens is 186 g/mol. The first-order chi connectivity index (χ1) is 6.24. The van der Waals surface area contributed by atoms with Crippen LogP contribution in [-0.2, 0) is 4.74 Å². The zero-order valence-electron chi connectivity index (χ0n) is 8.03. The highest BCUT2D eigenvalue weighted by molar-refractivity contribution is 7.80. The molecule has 0 radical (unpaired) electrons. The Kier molecular flexibility index (Phi) is 4.41. The Hall–Kier alpha value is -0.390. The highest BCUT2D eigenvalue weighted by Crippen LogP contribution is 2.00. The maximum absolute atomic E-state index is 5.53. The predicted molar refractivity (Wildman–Crippen MR) is 56.7 cm³/mol. The molecule has 4 nitrogen and oxygen atoms in total. The fourth-order valence-electron chi connectivity index (χ4n) is 1.41. The number of hydrogen-bond donors (Lipinski definition) is 1. The molecule has 1 saturated heterocycles. The van der Waals surface area contributed by atoms with Gasteiger partial charge in [0, 0.05) is 39.8 Å². The van der Waals surface area contributed by atoms with E-state index in [0.717, 1.165) is 39.3 Å². The molecule has 0 unspecified atom stereocenters. The van der Waals surface area contributed by atoms with Gasteiger partial charge in [-0.3, -0.25) is 4.90 Å². The highest BCUT2D eigenvalue weighted by Gasteiger charge is 2.16. The van der Waals surface area contributed by atoms with Gasteiger partial charge in [-0.05, 0) is 12.2 Å². The molecule has 13 heavy (non-hydrogen) atoms. The number of hydrogen-bond acceptors (Lipinski definition) is 3. The quantitative estimate of drug-likeness (QED) is 0.626. The number of piperazine rings is 1. The summed E-state index contributed by atoms with van der Waals surface area (Å²) in [5, 5.41) is 0.520. The molecule has 76 valence electrons. The summed E-state index contributed by atoms with van der Waals surface area (Å²) in [4.78, 5) is 4.40. The first kappa shape index (κ1) is 10.7. The smallest absolute Gasteiger partial charge is 0.166 e. The number of ether oxygens (including phenoxy) is 1. The zero-order valence-corrected chi connectivity index (χ0v) is 8.85. The van der Waals surface area contributed by atoms with Crippen molar-refractivity contribution < 1.29 is 4.74 Å². The van der Waals surface area contributed by atoms with Crippen LogP contribution in [0.25, 0.3) is 0 Å². The van der Waals surface area contributed by atoms with Crippen molar-refractivity contribution >= 4 is 17.3 Å². The second-order valence-corrected chi connectivity index (χ2v) is 3.58. The van der Waals surface area contributed by atoms with Gasteiger partial charge in [0.1, 0.15) is 0 Å². The molecule has 0 aliphatic carbocycles. The van der Waals surface area contributed by atoms with Gasteiger partial charge in [0.15, 0.2) is 5.11 Å². The van der Waals surface area contributed by atoms with Gasteiger partial charge in [0.25, 0.3) is 0 Å². The van der Waals surface area contributed by atoms with E-state index in [1.165, 1.54) is 0 Å². The lowest BCUT2D eigenvalue weighted by molar-refractivity contribution is 0.120. The van der Waals surface area contributed by atoms with Crippen molar-refractivity contribution in [2.24, 2.45) is 5.73 Å².